The van der Waals surface area contributed by atoms with Gasteiger partial charge in [0.05, 0.1) is 10.7 Å². The molecule has 116 valence electrons. The van der Waals surface area contributed by atoms with E-state index in [0.29, 0.717) is 16.1 Å². The smallest absolute Gasteiger partial charge is 0.267 e. The summed E-state index contributed by atoms with van der Waals surface area (Å²) in [6.45, 7) is 3.86. The van der Waals surface area contributed by atoms with E-state index < -0.39 is 0 Å². The Morgan fingerprint density at radius 3 is 2.45 bits per heavy atom. The van der Waals surface area contributed by atoms with Gasteiger partial charge in [-0.25, -0.2) is 4.98 Å². The van der Waals surface area contributed by atoms with Crippen molar-refractivity contribution in [1.29, 1.82) is 0 Å². The van der Waals surface area contributed by atoms with Gasteiger partial charge in [0.25, 0.3) is 11.8 Å². The zero-order chi connectivity index (χ0) is 16.1. The largest absolute Gasteiger partial charge is 0.281 e. The van der Waals surface area contributed by atoms with Gasteiger partial charge in [-0.1, -0.05) is 22.9 Å². The number of hydrogen-bond donors (Lipinski definition) is 2. The van der Waals surface area contributed by atoms with Gasteiger partial charge in [0.2, 0.25) is 0 Å². The van der Waals surface area contributed by atoms with E-state index in [4.69, 9.17) is 0 Å². The fourth-order valence-corrected chi connectivity index (χ4v) is 3.15. The van der Waals surface area contributed by atoms with Gasteiger partial charge in [-0.2, -0.15) is 0 Å². The minimum atomic E-state index is -0.364. The average molecular weight is 382 g/mol. The number of rotatable bonds is 4. The van der Waals surface area contributed by atoms with Crippen LogP contribution in [0.2, 0.25) is 0 Å². The van der Waals surface area contributed by atoms with Gasteiger partial charge in [-0.3, -0.25) is 20.4 Å². The van der Waals surface area contributed by atoms with Crippen LogP contribution in [0.25, 0.3) is 0 Å². The number of nitrogens with zero attached hydrogens (tertiary/aromatic N) is 1. The van der Waals surface area contributed by atoms with Gasteiger partial charge in [-0.15, -0.1) is 11.3 Å². The van der Waals surface area contributed by atoms with Crippen molar-refractivity contribution in [3.63, 3.8) is 0 Å². The molecule has 7 heteroatoms. The van der Waals surface area contributed by atoms with Crippen molar-refractivity contribution in [1.82, 2.24) is 15.8 Å². The van der Waals surface area contributed by atoms with Gasteiger partial charge in [0.15, 0.2) is 0 Å². The van der Waals surface area contributed by atoms with Gasteiger partial charge in [0.1, 0.15) is 4.88 Å². The van der Waals surface area contributed by atoms with E-state index in [2.05, 4.69) is 38.7 Å². The lowest BCUT2D eigenvalue weighted by molar-refractivity contribution is 0.0848. The van der Waals surface area contributed by atoms with Crippen molar-refractivity contribution in [2.24, 2.45) is 0 Å². The first kappa shape index (κ1) is 16.6. The standard InChI is InChI=1S/C15H16BrN3O2S/c1-3-4-12-17-9(2)13(22-12)15(21)19-18-14(20)10-5-7-11(16)8-6-10/h5-8H,3-4H2,1-2H3,(H,18,20)(H,19,21). The fourth-order valence-electron chi connectivity index (χ4n) is 1.83. The zero-order valence-electron chi connectivity index (χ0n) is 12.3. The summed E-state index contributed by atoms with van der Waals surface area (Å²) in [4.78, 5) is 28.9. The normalized spacial score (nSPS) is 10.3. The van der Waals surface area contributed by atoms with E-state index in [1.165, 1.54) is 11.3 Å². The molecule has 0 aliphatic rings. The van der Waals surface area contributed by atoms with Crippen LogP contribution in [0.5, 0.6) is 0 Å². The Morgan fingerprint density at radius 2 is 1.82 bits per heavy atom. The van der Waals surface area contributed by atoms with Crippen molar-refractivity contribution in [2.75, 3.05) is 0 Å². The van der Waals surface area contributed by atoms with Crippen LogP contribution in [0.3, 0.4) is 0 Å². The lowest BCUT2D eigenvalue weighted by atomic mass is 10.2. The first-order valence-corrected chi connectivity index (χ1v) is 8.44. The fraction of sp³-hybridized carbons (Fsp3) is 0.267. The van der Waals surface area contributed by atoms with Crippen LogP contribution in [-0.4, -0.2) is 16.8 Å². The summed E-state index contributed by atoms with van der Waals surface area (Å²) in [5, 5.41) is 0.935. The van der Waals surface area contributed by atoms with E-state index in [1.54, 1.807) is 31.2 Å². The van der Waals surface area contributed by atoms with E-state index in [1.807, 2.05) is 0 Å². The highest BCUT2D eigenvalue weighted by Gasteiger charge is 2.15. The van der Waals surface area contributed by atoms with Crippen molar-refractivity contribution in [3.8, 4) is 0 Å². The van der Waals surface area contributed by atoms with E-state index in [-0.39, 0.29) is 11.8 Å². The molecule has 0 aliphatic heterocycles. The summed E-state index contributed by atoms with van der Waals surface area (Å²) >= 11 is 4.66. The van der Waals surface area contributed by atoms with Gasteiger partial charge in [-0.05, 0) is 44.0 Å². The molecule has 0 spiro atoms. The molecule has 0 aliphatic carbocycles. The summed E-state index contributed by atoms with van der Waals surface area (Å²) in [5.74, 6) is -0.709. The Hall–Kier alpha value is -1.73. The molecule has 2 amide bonds. The van der Waals surface area contributed by atoms with Crippen molar-refractivity contribution >= 4 is 39.1 Å². The summed E-state index contributed by atoms with van der Waals surface area (Å²) in [6.07, 6.45) is 1.83. The maximum atomic E-state index is 12.1. The van der Waals surface area contributed by atoms with Crippen LogP contribution >= 0.6 is 27.3 Å². The predicted octanol–water partition coefficient (Wildman–Crippen LogP) is 3.24. The second kappa shape index (κ2) is 7.51. The SMILES string of the molecule is CCCc1nc(C)c(C(=O)NNC(=O)c2ccc(Br)cc2)s1. The summed E-state index contributed by atoms with van der Waals surface area (Å²) in [7, 11) is 0. The number of hydrogen-bond acceptors (Lipinski definition) is 4. The minimum Gasteiger partial charge on any atom is -0.267 e. The molecule has 0 unspecified atom stereocenters. The Labute approximate surface area is 141 Å². The number of thiazole rings is 1. The van der Waals surface area contributed by atoms with Crippen LogP contribution in [0.15, 0.2) is 28.7 Å². The molecular formula is C15H16BrN3O2S. The summed E-state index contributed by atoms with van der Waals surface area (Å²) in [6, 6.07) is 6.87. The van der Waals surface area contributed by atoms with Crippen molar-refractivity contribution < 1.29 is 9.59 Å². The lowest BCUT2D eigenvalue weighted by Gasteiger charge is -2.06. The second-order valence-electron chi connectivity index (χ2n) is 4.69. The van der Waals surface area contributed by atoms with Crippen LogP contribution in [-0.2, 0) is 6.42 Å². The van der Waals surface area contributed by atoms with E-state index in [0.717, 1.165) is 22.3 Å². The Balaban J connectivity index is 1.97. The van der Waals surface area contributed by atoms with E-state index >= 15 is 0 Å². The molecule has 0 fully saturated rings. The third-order valence-electron chi connectivity index (χ3n) is 2.91. The van der Waals surface area contributed by atoms with Gasteiger partial charge in [0, 0.05) is 10.0 Å². The molecule has 1 heterocycles. The topological polar surface area (TPSA) is 71.1 Å². The van der Waals surface area contributed by atoms with Crippen LogP contribution in [0.4, 0.5) is 0 Å². The first-order valence-electron chi connectivity index (χ1n) is 6.83. The monoisotopic (exact) mass is 381 g/mol. The molecule has 0 bridgehead atoms. The number of amides is 2. The molecule has 2 N–H and O–H groups in total. The van der Waals surface area contributed by atoms with Crippen LogP contribution in [0.1, 0.15) is 44.1 Å². The van der Waals surface area contributed by atoms with Crippen LogP contribution in [0, 0.1) is 6.92 Å². The molecule has 1 aromatic heterocycles. The number of aromatic nitrogens is 1. The highest BCUT2D eigenvalue weighted by atomic mass is 79.9. The third kappa shape index (κ3) is 4.14. The maximum absolute atomic E-state index is 12.1. The molecule has 22 heavy (non-hydrogen) atoms. The first-order chi connectivity index (χ1) is 10.5. The summed E-state index contributed by atoms with van der Waals surface area (Å²) in [5.41, 5.74) is 5.99. The summed E-state index contributed by atoms with van der Waals surface area (Å²) < 4.78 is 0.886. The van der Waals surface area contributed by atoms with Gasteiger partial charge < -0.3 is 0 Å². The predicted molar refractivity (Wildman–Crippen MR) is 89.9 cm³/mol. The highest BCUT2D eigenvalue weighted by molar-refractivity contribution is 9.10. The number of benzene rings is 1. The average Bonchev–Trinajstić information content (AvgIpc) is 2.86. The number of carbonyl (C=O) groups excluding carboxylic acids is 2. The zero-order valence-corrected chi connectivity index (χ0v) is 14.7. The maximum Gasteiger partial charge on any atom is 0.281 e. The lowest BCUT2D eigenvalue weighted by Crippen LogP contribution is -2.41. The molecule has 0 saturated heterocycles. The second-order valence-corrected chi connectivity index (χ2v) is 6.69. The molecule has 1 aromatic carbocycles. The number of carbonyl (C=O) groups is 2. The molecule has 0 atom stereocenters. The molecule has 5 nitrogen and oxygen atoms in total. The quantitative estimate of drug-likeness (QED) is 0.798. The molecule has 0 saturated carbocycles. The van der Waals surface area contributed by atoms with Crippen LogP contribution < -0.4 is 10.9 Å². The number of hydrazine groups is 1. The number of nitrogens with one attached hydrogen (secondary N) is 2. The number of aryl methyl sites for hydroxylation is 2. The number of halogens is 1. The Bertz CT molecular complexity index is 683. The van der Waals surface area contributed by atoms with Crippen molar-refractivity contribution in [3.05, 3.63) is 49.9 Å². The molecule has 0 radical (unpaired) electrons. The molecular weight excluding hydrogens is 366 g/mol. The van der Waals surface area contributed by atoms with Gasteiger partial charge >= 0.3 is 0 Å². The van der Waals surface area contributed by atoms with E-state index in [9.17, 15) is 9.59 Å². The van der Waals surface area contributed by atoms with Crippen molar-refractivity contribution in [2.45, 2.75) is 26.7 Å². The minimum absolute atomic E-state index is 0.345. The highest BCUT2D eigenvalue weighted by Crippen LogP contribution is 2.19. The Kier molecular flexibility index (Phi) is 5.68. The molecule has 2 aromatic rings. The third-order valence-corrected chi connectivity index (χ3v) is 4.65. The molecule has 2 rings (SSSR count). The Morgan fingerprint density at radius 1 is 1.18 bits per heavy atom.